The molecular weight excluding hydrogens is 454 g/mol. The minimum Gasteiger partial charge on any atom is -0.497 e. The van der Waals surface area contributed by atoms with Gasteiger partial charge in [-0.05, 0) is 103 Å². The number of fused-ring (bicyclic) bond motifs is 1. The van der Waals surface area contributed by atoms with Crippen molar-refractivity contribution in [1.29, 1.82) is 0 Å². The third-order valence-electron chi connectivity index (χ3n) is 7.48. The zero-order chi connectivity index (χ0) is 25.5. The summed E-state index contributed by atoms with van der Waals surface area (Å²) in [5, 5.41) is 3.83. The number of aryl methyl sites for hydroxylation is 2. The highest BCUT2D eigenvalue weighted by Gasteiger charge is 2.23. The largest absolute Gasteiger partial charge is 0.497 e. The number of nitrogens with one attached hydrogen (secondary N) is 1. The van der Waals surface area contributed by atoms with Crippen LogP contribution in [-0.2, 0) is 25.9 Å². The van der Waals surface area contributed by atoms with Crippen molar-refractivity contribution in [2.45, 2.75) is 57.6 Å². The summed E-state index contributed by atoms with van der Waals surface area (Å²) in [7, 11) is 1.74. The summed E-state index contributed by atoms with van der Waals surface area (Å²) in [4.78, 5) is 0. The number of para-hydroxylation sites is 1. The molecule has 37 heavy (non-hydrogen) atoms. The lowest BCUT2D eigenvalue weighted by atomic mass is 9.79. The van der Waals surface area contributed by atoms with Gasteiger partial charge in [0, 0.05) is 11.7 Å². The van der Waals surface area contributed by atoms with E-state index in [1.165, 1.54) is 39.9 Å². The van der Waals surface area contributed by atoms with Crippen LogP contribution in [0.4, 0.5) is 5.69 Å². The van der Waals surface area contributed by atoms with Gasteiger partial charge in [0.1, 0.15) is 18.1 Å². The fourth-order valence-electron chi connectivity index (χ4n) is 5.32. The van der Waals surface area contributed by atoms with Crippen molar-refractivity contribution < 1.29 is 9.47 Å². The van der Waals surface area contributed by atoms with Crippen molar-refractivity contribution in [3.8, 4) is 11.5 Å². The lowest BCUT2D eigenvalue weighted by Gasteiger charge is -2.28. The molecule has 1 N–H and O–H groups in total. The van der Waals surface area contributed by atoms with Crippen molar-refractivity contribution in [2.75, 3.05) is 12.4 Å². The molecule has 2 unspecified atom stereocenters. The second-order valence-electron chi connectivity index (χ2n) is 10.2. The van der Waals surface area contributed by atoms with E-state index in [1.807, 2.05) is 18.2 Å². The van der Waals surface area contributed by atoms with Crippen LogP contribution in [0, 0.1) is 0 Å². The summed E-state index contributed by atoms with van der Waals surface area (Å²) in [6, 6.07) is 34.7. The first-order valence-electron chi connectivity index (χ1n) is 13.4. The van der Waals surface area contributed by atoms with E-state index in [0.717, 1.165) is 37.2 Å². The summed E-state index contributed by atoms with van der Waals surface area (Å²) in [6.07, 6.45) is 5.48. The SMILES string of the molecule is COc1ccc2c(c1)CCC(c1ccccc1NC(C)CCc1ccc(OCc3ccccc3)cc1)C2. The Morgan fingerprint density at radius 1 is 0.811 bits per heavy atom. The van der Waals surface area contributed by atoms with Gasteiger partial charge in [-0.1, -0.05) is 66.7 Å². The van der Waals surface area contributed by atoms with Crippen molar-refractivity contribution in [1.82, 2.24) is 0 Å². The zero-order valence-electron chi connectivity index (χ0n) is 22.0. The molecule has 3 heteroatoms. The van der Waals surface area contributed by atoms with E-state index >= 15 is 0 Å². The predicted molar refractivity (Wildman–Crippen MR) is 153 cm³/mol. The van der Waals surface area contributed by atoms with Gasteiger partial charge in [-0.25, -0.2) is 0 Å². The monoisotopic (exact) mass is 491 g/mol. The number of rotatable bonds is 10. The van der Waals surface area contributed by atoms with Gasteiger partial charge in [-0.15, -0.1) is 0 Å². The molecule has 0 saturated carbocycles. The molecule has 0 amide bonds. The first kappa shape index (κ1) is 25.0. The molecule has 190 valence electrons. The molecule has 0 fully saturated rings. The molecule has 0 spiro atoms. The van der Waals surface area contributed by atoms with Crippen LogP contribution in [0.2, 0.25) is 0 Å². The average molecular weight is 492 g/mol. The van der Waals surface area contributed by atoms with E-state index in [4.69, 9.17) is 9.47 Å². The van der Waals surface area contributed by atoms with Crippen LogP contribution in [0.25, 0.3) is 0 Å². The minimum atomic E-state index is 0.385. The highest BCUT2D eigenvalue weighted by molar-refractivity contribution is 5.54. The molecule has 1 aliphatic carbocycles. The molecular formula is C34H37NO2. The molecule has 0 aliphatic heterocycles. The Kier molecular flexibility index (Phi) is 8.10. The molecule has 3 nitrogen and oxygen atoms in total. The van der Waals surface area contributed by atoms with E-state index in [1.54, 1.807) is 7.11 Å². The Bertz CT molecular complexity index is 1280. The number of hydrogen-bond acceptors (Lipinski definition) is 3. The van der Waals surface area contributed by atoms with E-state index in [9.17, 15) is 0 Å². The smallest absolute Gasteiger partial charge is 0.119 e. The van der Waals surface area contributed by atoms with Crippen LogP contribution in [-0.4, -0.2) is 13.2 Å². The van der Waals surface area contributed by atoms with Crippen molar-refractivity contribution in [3.05, 3.63) is 125 Å². The fraction of sp³-hybridized carbons (Fsp3) is 0.294. The van der Waals surface area contributed by atoms with Crippen LogP contribution in [0.15, 0.2) is 97.1 Å². The summed E-state index contributed by atoms with van der Waals surface area (Å²) in [6.45, 7) is 2.89. The number of benzene rings is 4. The summed E-state index contributed by atoms with van der Waals surface area (Å²) in [5.74, 6) is 2.42. The van der Waals surface area contributed by atoms with Gasteiger partial charge in [0.25, 0.3) is 0 Å². The van der Waals surface area contributed by atoms with Gasteiger partial charge in [-0.3, -0.25) is 0 Å². The van der Waals surface area contributed by atoms with Crippen LogP contribution in [0.3, 0.4) is 0 Å². The van der Waals surface area contributed by atoms with Crippen LogP contribution in [0.5, 0.6) is 11.5 Å². The highest BCUT2D eigenvalue weighted by Crippen LogP contribution is 2.37. The summed E-state index contributed by atoms with van der Waals surface area (Å²) < 4.78 is 11.4. The Morgan fingerprint density at radius 2 is 1.57 bits per heavy atom. The van der Waals surface area contributed by atoms with E-state index < -0.39 is 0 Å². The molecule has 0 radical (unpaired) electrons. The zero-order valence-corrected chi connectivity index (χ0v) is 22.0. The maximum Gasteiger partial charge on any atom is 0.119 e. The van der Waals surface area contributed by atoms with Gasteiger partial charge < -0.3 is 14.8 Å². The quantitative estimate of drug-likeness (QED) is 0.244. The lowest BCUT2D eigenvalue weighted by molar-refractivity contribution is 0.306. The molecule has 0 heterocycles. The predicted octanol–water partition coefficient (Wildman–Crippen LogP) is 7.98. The van der Waals surface area contributed by atoms with E-state index in [2.05, 4.69) is 91.1 Å². The molecule has 5 rings (SSSR count). The third kappa shape index (κ3) is 6.54. The molecule has 1 aliphatic rings. The molecule has 2 atom stereocenters. The summed E-state index contributed by atoms with van der Waals surface area (Å²) in [5.41, 5.74) is 8.14. The van der Waals surface area contributed by atoms with Crippen LogP contribution < -0.4 is 14.8 Å². The maximum atomic E-state index is 5.94. The van der Waals surface area contributed by atoms with Gasteiger partial charge in [0.05, 0.1) is 7.11 Å². The second kappa shape index (κ2) is 12.0. The van der Waals surface area contributed by atoms with Gasteiger partial charge in [-0.2, -0.15) is 0 Å². The van der Waals surface area contributed by atoms with E-state index in [0.29, 0.717) is 18.6 Å². The average Bonchev–Trinajstić information content (AvgIpc) is 2.96. The van der Waals surface area contributed by atoms with Crippen molar-refractivity contribution >= 4 is 5.69 Å². The fourth-order valence-corrected chi connectivity index (χ4v) is 5.32. The topological polar surface area (TPSA) is 30.5 Å². The first-order valence-corrected chi connectivity index (χ1v) is 13.4. The Hall–Kier alpha value is -3.72. The van der Waals surface area contributed by atoms with Gasteiger partial charge in [0.15, 0.2) is 0 Å². The number of methoxy groups -OCH3 is 1. The minimum absolute atomic E-state index is 0.385. The normalized spacial score (nSPS) is 15.5. The van der Waals surface area contributed by atoms with Crippen LogP contribution >= 0.6 is 0 Å². The van der Waals surface area contributed by atoms with E-state index in [-0.39, 0.29) is 0 Å². The second-order valence-corrected chi connectivity index (χ2v) is 10.2. The third-order valence-corrected chi connectivity index (χ3v) is 7.48. The Morgan fingerprint density at radius 3 is 2.38 bits per heavy atom. The first-order chi connectivity index (χ1) is 18.2. The van der Waals surface area contributed by atoms with Crippen LogP contribution in [0.1, 0.15) is 53.5 Å². The van der Waals surface area contributed by atoms with Gasteiger partial charge >= 0.3 is 0 Å². The maximum absolute atomic E-state index is 5.94. The molecule has 0 bridgehead atoms. The molecule has 0 saturated heterocycles. The number of anilines is 1. The highest BCUT2D eigenvalue weighted by atomic mass is 16.5. The Balaban J connectivity index is 1.15. The molecule has 4 aromatic rings. The summed E-state index contributed by atoms with van der Waals surface area (Å²) >= 11 is 0. The lowest BCUT2D eigenvalue weighted by Crippen LogP contribution is -2.19. The molecule has 4 aromatic carbocycles. The molecule has 0 aromatic heterocycles. The van der Waals surface area contributed by atoms with Gasteiger partial charge in [0.2, 0.25) is 0 Å². The number of ether oxygens (including phenoxy) is 2. The number of hydrogen-bond donors (Lipinski definition) is 1. The Labute approximate surface area is 221 Å². The van der Waals surface area contributed by atoms with Crippen molar-refractivity contribution in [2.24, 2.45) is 0 Å². The standard InChI is InChI=1S/C34H37NO2/c1-25(12-13-26-14-19-31(20-15-26)37-24-27-8-4-3-5-9-27)35-34-11-7-6-10-33(34)30-17-16-29-23-32(36-2)21-18-28(29)22-30/h3-11,14-15,18-21,23,25,30,35H,12-13,16-17,22,24H2,1-2H3. The van der Waals surface area contributed by atoms with Crippen molar-refractivity contribution in [3.63, 3.8) is 0 Å².